The van der Waals surface area contributed by atoms with E-state index >= 15 is 0 Å². The highest BCUT2D eigenvalue weighted by atomic mass is 16.1. The molecular weight excluding hydrogens is 214 g/mol. The number of amides is 1. The van der Waals surface area contributed by atoms with E-state index in [2.05, 4.69) is 5.10 Å². The number of nitrogens with two attached hydrogens (primary N) is 1. The zero-order valence-electron chi connectivity index (χ0n) is 9.97. The van der Waals surface area contributed by atoms with E-state index in [9.17, 15) is 4.79 Å². The van der Waals surface area contributed by atoms with Crippen LogP contribution in [-0.4, -0.2) is 15.7 Å². The van der Waals surface area contributed by atoms with E-state index in [1.165, 1.54) is 0 Å². The first-order valence-corrected chi connectivity index (χ1v) is 5.56. The minimum Gasteiger partial charge on any atom is -0.366 e. The van der Waals surface area contributed by atoms with Gasteiger partial charge in [-0.3, -0.25) is 9.48 Å². The van der Waals surface area contributed by atoms with E-state index in [1.807, 2.05) is 36.9 Å². The van der Waals surface area contributed by atoms with Gasteiger partial charge < -0.3 is 5.73 Å². The second kappa shape index (κ2) is 4.41. The quantitative estimate of drug-likeness (QED) is 0.874. The molecular formula is C13H15N3O. The van der Waals surface area contributed by atoms with Crippen molar-refractivity contribution in [2.75, 3.05) is 0 Å². The summed E-state index contributed by atoms with van der Waals surface area (Å²) in [5, 5.41) is 4.39. The molecule has 0 aliphatic carbocycles. The average molecular weight is 229 g/mol. The lowest BCUT2D eigenvalue weighted by molar-refractivity contribution is 0.100. The Hall–Kier alpha value is -2.10. The molecule has 0 aliphatic heterocycles. The Bertz CT molecular complexity index is 540. The van der Waals surface area contributed by atoms with Gasteiger partial charge in [0.1, 0.15) is 0 Å². The van der Waals surface area contributed by atoms with Gasteiger partial charge in [-0.25, -0.2) is 0 Å². The van der Waals surface area contributed by atoms with Crippen LogP contribution in [0.15, 0.2) is 30.5 Å². The maximum atomic E-state index is 11.0. The number of nitrogens with zero attached hydrogens (tertiary/aromatic N) is 2. The summed E-state index contributed by atoms with van der Waals surface area (Å²) in [5.74, 6) is -0.405. The van der Waals surface area contributed by atoms with Gasteiger partial charge in [0.2, 0.25) is 5.91 Å². The number of aryl methyl sites for hydroxylation is 2. The van der Waals surface area contributed by atoms with E-state index in [-0.39, 0.29) is 0 Å². The summed E-state index contributed by atoms with van der Waals surface area (Å²) in [6.07, 6.45) is 2.01. The molecule has 0 saturated heterocycles. The van der Waals surface area contributed by atoms with Crippen molar-refractivity contribution < 1.29 is 4.79 Å². The first-order valence-electron chi connectivity index (χ1n) is 5.56. The van der Waals surface area contributed by atoms with Gasteiger partial charge >= 0.3 is 0 Å². The third-order valence-corrected chi connectivity index (χ3v) is 2.75. The maximum absolute atomic E-state index is 11.0. The number of carbonyl (C=O) groups is 1. The van der Waals surface area contributed by atoms with Crippen molar-refractivity contribution in [1.82, 2.24) is 9.78 Å². The molecule has 2 rings (SSSR count). The average Bonchev–Trinajstić information content (AvgIpc) is 2.71. The Morgan fingerprint density at radius 1 is 1.35 bits per heavy atom. The molecule has 1 aromatic carbocycles. The molecule has 0 atom stereocenters. The SMILES string of the molecule is CCn1cc(-c2ccc(C(N)=O)cc2)c(C)n1. The van der Waals surface area contributed by atoms with Gasteiger partial charge in [-0.05, 0) is 31.5 Å². The summed E-state index contributed by atoms with van der Waals surface area (Å²) in [6, 6.07) is 7.26. The highest BCUT2D eigenvalue weighted by molar-refractivity contribution is 5.93. The Labute approximate surface area is 100 Å². The first kappa shape index (κ1) is 11.4. The third-order valence-electron chi connectivity index (χ3n) is 2.75. The first-order chi connectivity index (χ1) is 8.11. The highest BCUT2D eigenvalue weighted by Crippen LogP contribution is 2.22. The second-order valence-electron chi connectivity index (χ2n) is 3.93. The molecule has 1 amide bonds. The highest BCUT2D eigenvalue weighted by Gasteiger charge is 2.07. The maximum Gasteiger partial charge on any atom is 0.248 e. The molecule has 1 heterocycles. The van der Waals surface area contributed by atoms with Crippen molar-refractivity contribution in [2.24, 2.45) is 5.73 Å². The number of rotatable bonds is 3. The Kier molecular flexibility index (Phi) is 2.95. The van der Waals surface area contributed by atoms with Crippen molar-refractivity contribution in [1.29, 1.82) is 0 Å². The summed E-state index contributed by atoms with van der Waals surface area (Å²) in [4.78, 5) is 11.0. The predicted molar refractivity (Wildman–Crippen MR) is 66.6 cm³/mol. The van der Waals surface area contributed by atoms with Crippen LogP contribution >= 0.6 is 0 Å². The lowest BCUT2D eigenvalue weighted by Gasteiger charge is -2.00. The summed E-state index contributed by atoms with van der Waals surface area (Å²) < 4.78 is 1.90. The van der Waals surface area contributed by atoms with Crippen LogP contribution in [0.5, 0.6) is 0 Å². The minimum absolute atomic E-state index is 0.405. The Morgan fingerprint density at radius 3 is 2.47 bits per heavy atom. The van der Waals surface area contributed by atoms with Crippen LogP contribution in [0.1, 0.15) is 23.0 Å². The molecule has 2 aromatic rings. The predicted octanol–water partition coefficient (Wildman–Crippen LogP) is 1.98. The summed E-state index contributed by atoms with van der Waals surface area (Å²) in [5.41, 5.74) is 8.84. The van der Waals surface area contributed by atoms with Crippen molar-refractivity contribution in [3.05, 3.63) is 41.7 Å². The molecule has 0 bridgehead atoms. The van der Waals surface area contributed by atoms with Gasteiger partial charge in [-0.1, -0.05) is 12.1 Å². The molecule has 88 valence electrons. The van der Waals surface area contributed by atoms with Crippen LogP contribution < -0.4 is 5.73 Å². The topological polar surface area (TPSA) is 60.9 Å². The van der Waals surface area contributed by atoms with Crippen LogP contribution in [-0.2, 0) is 6.54 Å². The normalized spacial score (nSPS) is 10.5. The molecule has 1 aromatic heterocycles. The third kappa shape index (κ3) is 2.20. The fourth-order valence-electron chi connectivity index (χ4n) is 1.78. The van der Waals surface area contributed by atoms with Crippen molar-refractivity contribution >= 4 is 5.91 Å². The Balaban J connectivity index is 2.39. The van der Waals surface area contributed by atoms with Crippen LogP contribution in [0.25, 0.3) is 11.1 Å². The van der Waals surface area contributed by atoms with Gasteiger partial charge in [-0.2, -0.15) is 5.10 Å². The molecule has 0 fully saturated rings. The number of hydrogen-bond donors (Lipinski definition) is 1. The van der Waals surface area contributed by atoms with Crippen LogP contribution in [0.2, 0.25) is 0 Å². The Morgan fingerprint density at radius 2 is 2.00 bits per heavy atom. The smallest absolute Gasteiger partial charge is 0.248 e. The largest absolute Gasteiger partial charge is 0.366 e. The molecule has 2 N–H and O–H groups in total. The van der Waals surface area contributed by atoms with Gasteiger partial charge in [0.15, 0.2) is 0 Å². The van der Waals surface area contributed by atoms with Gasteiger partial charge in [0, 0.05) is 23.9 Å². The zero-order valence-corrected chi connectivity index (χ0v) is 9.97. The molecule has 0 radical (unpaired) electrons. The monoisotopic (exact) mass is 229 g/mol. The zero-order chi connectivity index (χ0) is 12.4. The van der Waals surface area contributed by atoms with Crippen molar-refractivity contribution in [3.8, 4) is 11.1 Å². The number of carbonyl (C=O) groups excluding carboxylic acids is 1. The molecule has 0 aliphatic rings. The molecule has 0 spiro atoms. The molecule has 0 unspecified atom stereocenters. The van der Waals surface area contributed by atoms with Crippen LogP contribution in [0.3, 0.4) is 0 Å². The number of primary amides is 1. The molecule has 4 heteroatoms. The number of hydrogen-bond acceptors (Lipinski definition) is 2. The van der Waals surface area contributed by atoms with Crippen LogP contribution in [0, 0.1) is 6.92 Å². The van der Waals surface area contributed by atoms with E-state index in [1.54, 1.807) is 12.1 Å². The molecule has 4 nitrogen and oxygen atoms in total. The van der Waals surface area contributed by atoms with E-state index in [0.29, 0.717) is 5.56 Å². The van der Waals surface area contributed by atoms with E-state index < -0.39 is 5.91 Å². The lowest BCUT2D eigenvalue weighted by atomic mass is 10.0. The van der Waals surface area contributed by atoms with Crippen LogP contribution in [0.4, 0.5) is 0 Å². The van der Waals surface area contributed by atoms with Crippen molar-refractivity contribution in [2.45, 2.75) is 20.4 Å². The summed E-state index contributed by atoms with van der Waals surface area (Å²) >= 11 is 0. The van der Waals surface area contributed by atoms with E-state index in [4.69, 9.17) is 5.73 Å². The minimum atomic E-state index is -0.405. The van der Waals surface area contributed by atoms with E-state index in [0.717, 1.165) is 23.4 Å². The lowest BCUT2D eigenvalue weighted by Crippen LogP contribution is -2.10. The second-order valence-corrected chi connectivity index (χ2v) is 3.93. The number of aromatic nitrogens is 2. The summed E-state index contributed by atoms with van der Waals surface area (Å²) in [7, 11) is 0. The molecule has 17 heavy (non-hydrogen) atoms. The van der Waals surface area contributed by atoms with Gasteiger partial charge in [-0.15, -0.1) is 0 Å². The fraction of sp³-hybridized carbons (Fsp3) is 0.231. The van der Waals surface area contributed by atoms with Crippen molar-refractivity contribution in [3.63, 3.8) is 0 Å². The van der Waals surface area contributed by atoms with Gasteiger partial charge in [0.25, 0.3) is 0 Å². The fourth-order valence-corrected chi connectivity index (χ4v) is 1.78. The summed E-state index contributed by atoms with van der Waals surface area (Å²) in [6.45, 7) is 4.87. The molecule has 0 saturated carbocycles. The van der Waals surface area contributed by atoms with Gasteiger partial charge in [0.05, 0.1) is 5.69 Å². The standard InChI is InChI=1S/C13H15N3O/c1-3-16-8-12(9(2)15-16)10-4-6-11(7-5-10)13(14)17/h4-8H,3H2,1-2H3,(H2,14,17). The number of benzene rings is 1.